The molecule has 0 bridgehead atoms. The highest BCUT2D eigenvalue weighted by Gasteiger charge is 2.19. The second-order valence-corrected chi connectivity index (χ2v) is 7.35. The number of amides is 3. The first-order valence-corrected chi connectivity index (χ1v) is 10.2. The summed E-state index contributed by atoms with van der Waals surface area (Å²) in [6.07, 6.45) is 5.43. The molecule has 0 heterocycles. The first kappa shape index (κ1) is 20.9. The molecular formula is C23H29N3O3. The van der Waals surface area contributed by atoms with Gasteiger partial charge in [0.05, 0.1) is 19.7 Å². The molecular weight excluding hydrogens is 366 g/mol. The van der Waals surface area contributed by atoms with Crippen LogP contribution in [0.2, 0.25) is 0 Å². The van der Waals surface area contributed by atoms with Crippen LogP contribution in [-0.4, -0.2) is 31.6 Å². The lowest BCUT2D eigenvalue weighted by Gasteiger charge is -2.23. The van der Waals surface area contributed by atoms with Gasteiger partial charge >= 0.3 is 6.03 Å². The minimum atomic E-state index is -0.413. The Morgan fingerprint density at radius 3 is 2.28 bits per heavy atom. The highest BCUT2D eigenvalue weighted by atomic mass is 16.5. The first-order chi connectivity index (χ1) is 14.2. The van der Waals surface area contributed by atoms with E-state index in [4.69, 9.17) is 4.74 Å². The van der Waals surface area contributed by atoms with Gasteiger partial charge in [0.15, 0.2) is 0 Å². The van der Waals surface area contributed by atoms with Gasteiger partial charge in [0.2, 0.25) is 5.91 Å². The zero-order chi connectivity index (χ0) is 20.5. The molecule has 1 aliphatic carbocycles. The fourth-order valence-electron chi connectivity index (χ4n) is 3.70. The fraction of sp³-hybridized carbons (Fsp3) is 0.391. The van der Waals surface area contributed by atoms with Crippen LogP contribution < -0.4 is 20.7 Å². The maximum Gasteiger partial charge on any atom is 0.321 e. The molecule has 3 amide bonds. The molecule has 1 saturated carbocycles. The van der Waals surface area contributed by atoms with Gasteiger partial charge in [-0.3, -0.25) is 15.4 Å². The van der Waals surface area contributed by atoms with Crippen LogP contribution in [0.1, 0.15) is 49.3 Å². The van der Waals surface area contributed by atoms with Crippen LogP contribution in [0.5, 0.6) is 5.75 Å². The van der Waals surface area contributed by atoms with E-state index in [-0.39, 0.29) is 24.5 Å². The molecule has 0 aromatic heterocycles. The van der Waals surface area contributed by atoms with E-state index >= 15 is 0 Å². The molecule has 154 valence electrons. The Hall–Kier alpha value is -2.86. The lowest BCUT2D eigenvalue weighted by atomic mass is 9.96. The number of hydrogen-bond acceptors (Lipinski definition) is 4. The van der Waals surface area contributed by atoms with Crippen LogP contribution in [0.3, 0.4) is 0 Å². The third kappa shape index (κ3) is 6.32. The van der Waals surface area contributed by atoms with Crippen LogP contribution in [0.25, 0.3) is 0 Å². The molecule has 0 radical (unpaired) electrons. The average Bonchev–Trinajstić information content (AvgIpc) is 2.75. The van der Waals surface area contributed by atoms with E-state index in [1.165, 1.54) is 6.42 Å². The summed E-state index contributed by atoms with van der Waals surface area (Å²) in [6.45, 7) is 0.0314. The van der Waals surface area contributed by atoms with E-state index in [2.05, 4.69) is 16.0 Å². The molecule has 2 aromatic carbocycles. The van der Waals surface area contributed by atoms with Gasteiger partial charge in [-0.1, -0.05) is 61.7 Å². The Morgan fingerprint density at radius 2 is 1.62 bits per heavy atom. The highest BCUT2D eigenvalue weighted by molar-refractivity contribution is 5.95. The van der Waals surface area contributed by atoms with Crippen LogP contribution in [0, 0.1) is 0 Å². The van der Waals surface area contributed by atoms with Crippen molar-refractivity contribution in [2.24, 2.45) is 0 Å². The summed E-state index contributed by atoms with van der Waals surface area (Å²) in [4.78, 5) is 24.4. The molecule has 0 unspecified atom stereocenters. The predicted molar refractivity (Wildman–Crippen MR) is 113 cm³/mol. The van der Waals surface area contributed by atoms with Crippen molar-refractivity contribution < 1.29 is 14.3 Å². The van der Waals surface area contributed by atoms with Gasteiger partial charge in [-0.2, -0.15) is 0 Å². The summed E-state index contributed by atoms with van der Waals surface area (Å²) < 4.78 is 5.23. The minimum Gasteiger partial charge on any atom is -0.497 e. The molecule has 3 N–H and O–H groups in total. The smallest absolute Gasteiger partial charge is 0.321 e. The minimum absolute atomic E-state index is 0.0314. The summed E-state index contributed by atoms with van der Waals surface area (Å²) in [5.74, 6) is 0.422. The average molecular weight is 396 g/mol. The zero-order valence-corrected chi connectivity index (χ0v) is 16.8. The standard InChI is InChI=1S/C23H29N3O3/c1-29-20-14-12-18(13-15-20)22(17-8-4-2-5-9-17)24-16-21(27)26-23(28)25-19-10-6-3-7-11-19/h2,4-5,8-9,12-15,19,22,24H,3,6-7,10-11,16H2,1H3,(H2,25,26,27,28)/t22-/m0/s1. The number of rotatable bonds is 7. The molecule has 1 atom stereocenters. The molecule has 6 heteroatoms. The summed E-state index contributed by atoms with van der Waals surface area (Å²) in [5.41, 5.74) is 2.05. The van der Waals surface area contributed by atoms with Gasteiger partial charge < -0.3 is 10.1 Å². The summed E-state index contributed by atoms with van der Waals surface area (Å²) in [6, 6.07) is 17.2. The molecule has 1 aliphatic rings. The summed E-state index contributed by atoms with van der Waals surface area (Å²) in [7, 11) is 1.63. The normalized spacial score (nSPS) is 15.3. The van der Waals surface area contributed by atoms with Gasteiger partial charge in [-0.25, -0.2) is 4.79 Å². The van der Waals surface area contributed by atoms with Crippen LogP contribution >= 0.6 is 0 Å². The van der Waals surface area contributed by atoms with E-state index in [9.17, 15) is 9.59 Å². The summed E-state index contributed by atoms with van der Waals surface area (Å²) in [5, 5.41) is 8.60. The quantitative estimate of drug-likeness (QED) is 0.670. The van der Waals surface area contributed by atoms with E-state index in [1.807, 2.05) is 54.6 Å². The molecule has 2 aromatic rings. The maximum absolute atomic E-state index is 12.3. The van der Waals surface area contributed by atoms with E-state index in [1.54, 1.807) is 7.11 Å². The number of hydrogen-bond donors (Lipinski definition) is 3. The monoisotopic (exact) mass is 395 g/mol. The number of methoxy groups -OCH3 is 1. The second kappa shape index (κ2) is 10.6. The van der Waals surface area contributed by atoms with Crippen LogP contribution in [-0.2, 0) is 4.79 Å². The number of benzene rings is 2. The van der Waals surface area contributed by atoms with Gasteiger partial charge in [-0.05, 0) is 36.1 Å². The van der Waals surface area contributed by atoms with Crippen molar-refractivity contribution in [3.05, 3.63) is 65.7 Å². The Kier molecular flexibility index (Phi) is 7.64. The highest BCUT2D eigenvalue weighted by Crippen LogP contribution is 2.24. The van der Waals surface area contributed by atoms with Gasteiger partial charge in [0, 0.05) is 6.04 Å². The Morgan fingerprint density at radius 1 is 0.966 bits per heavy atom. The fourth-order valence-corrected chi connectivity index (χ4v) is 3.70. The van der Waals surface area contributed by atoms with Gasteiger partial charge in [0.1, 0.15) is 5.75 Å². The van der Waals surface area contributed by atoms with Crippen LogP contribution in [0.15, 0.2) is 54.6 Å². The molecule has 3 rings (SSSR count). The number of carbonyl (C=O) groups is 2. The zero-order valence-electron chi connectivity index (χ0n) is 16.8. The summed E-state index contributed by atoms with van der Waals surface area (Å²) >= 11 is 0. The van der Waals surface area contributed by atoms with Crippen LogP contribution in [0.4, 0.5) is 4.79 Å². The number of urea groups is 1. The van der Waals surface area contributed by atoms with Gasteiger partial charge in [0.25, 0.3) is 0 Å². The van der Waals surface area contributed by atoms with E-state index < -0.39 is 6.03 Å². The molecule has 0 spiro atoms. The maximum atomic E-state index is 12.3. The Balaban J connectivity index is 1.58. The van der Waals surface area contributed by atoms with Crippen molar-refractivity contribution in [3.63, 3.8) is 0 Å². The van der Waals surface area contributed by atoms with Crippen molar-refractivity contribution >= 4 is 11.9 Å². The Labute approximate surface area is 172 Å². The second-order valence-electron chi connectivity index (χ2n) is 7.35. The molecule has 0 saturated heterocycles. The largest absolute Gasteiger partial charge is 0.497 e. The lowest BCUT2D eigenvalue weighted by Crippen LogP contribution is -2.47. The first-order valence-electron chi connectivity index (χ1n) is 10.2. The number of nitrogens with one attached hydrogen (secondary N) is 3. The SMILES string of the molecule is COc1ccc([C@@H](NCC(=O)NC(=O)NC2CCCCC2)c2ccccc2)cc1. The number of ether oxygens (including phenoxy) is 1. The van der Waals surface area contributed by atoms with Gasteiger partial charge in [-0.15, -0.1) is 0 Å². The third-order valence-corrected chi connectivity index (χ3v) is 5.24. The number of carbonyl (C=O) groups excluding carboxylic acids is 2. The molecule has 6 nitrogen and oxygen atoms in total. The van der Waals surface area contributed by atoms with Crippen molar-refractivity contribution in [1.29, 1.82) is 0 Å². The van der Waals surface area contributed by atoms with E-state index in [0.29, 0.717) is 0 Å². The topological polar surface area (TPSA) is 79.5 Å². The number of imide groups is 1. The van der Waals surface area contributed by atoms with Crippen molar-refractivity contribution in [1.82, 2.24) is 16.0 Å². The lowest BCUT2D eigenvalue weighted by molar-refractivity contribution is -0.119. The Bertz CT molecular complexity index is 787. The van der Waals surface area contributed by atoms with Crippen molar-refractivity contribution in [3.8, 4) is 5.75 Å². The van der Waals surface area contributed by atoms with E-state index in [0.717, 1.165) is 42.6 Å². The molecule has 29 heavy (non-hydrogen) atoms. The van der Waals surface area contributed by atoms with Crippen molar-refractivity contribution in [2.75, 3.05) is 13.7 Å². The predicted octanol–water partition coefficient (Wildman–Crippen LogP) is 3.53. The third-order valence-electron chi connectivity index (χ3n) is 5.24. The molecule has 1 fully saturated rings. The van der Waals surface area contributed by atoms with Crippen molar-refractivity contribution in [2.45, 2.75) is 44.2 Å². The molecule has 0 aliphatic heterocycles.